The van der Waals surface area contributed by atoms with Crippen LogP contribution in [0.2, 0.25) is 0 Å². The van der Waals surface area contributed by atoms with Crippen LogP contribution in [0, 0.1) is 0 Å². The Kier molecular flexibility index (Phi) is 3.90. The minimum absolute atomic E-state index is 0.196. The first kappa shape index (κ1) is 15.1. The minimum atomic E-state index is 0.196. The number of carbonyl (C=O) groups is 1. The first-order valence-corrected chi connectivity index (χ1v) is 8.97. The van der Waals surface area contributed by atoms with Crippen molar-refractivity contribution in [2.45, 2.75) is 26.2 Å². The maximum Gasteiger partial charge on any atom is 0.227 e. The number of fused-ring (bicyclic) bond motifs is 1. The van der Waals surface area contributed by atoms with Gasteiger partial charge in [0.05, 0.1) is 5.39 Å². The normalized spacial score (nSPS) is 14.5. The van der Waals surface area contributed by atoms with E-state index < -0.39 is 0 Å². The zero-order valence-electron chi connectivity index (χ0n) is 13.5. The number of anilines is 3. The molecule has 5 nitrogen and oxygen atoms in total. The van der Waals surface area contributed by atoms with Crippen molar-refractivity contribution < 1.29 is 4.79 Å². The van der Waals surface area contributed by atoms with Crippen LogP contribution in [0.5, 0.6) is 0 Å². The van der Waals surface area contributed by atoms with E-state index in [0.29, 0.717) is 6.42 Å². The van der Waals surface area contributed by atoms with E-state index in [1.54, 1.807) is 17.7 Å². The number of hydrogen-bond acceptors (Lipinski definition) is 5. The van der Waals surface area contributed by atoms with Gasteiger partial charge >= 0.3 is 0 Å². The molecule has 0 bridgehead atoms. The third kappa shape index (κ3) is 2.73. The first-order chi connectivity index (χ1) is 11.7. The standard InChI is InChI=1S/C18H18N4OS/c1-2-14-10-15-17(19-11-20-18(15)24-14)21-12-5-3-6-13(9-12)22-8-4-7-16(22)23/h3,5-6,9-11H,2,4,7-8H2,1H3,(H,19,20,21). The summed E-state index contributed by atoms with van der Waals surface area (Å²) in [5.74, 6) is 1.00. The molecule has 3 heterocycles. The Morgan fingerprint density at radius 2 is 2.21 bits per heavy atom. The molecule has 1 aliphatic rings. The Bertz CT molecular complexity index is 905. The van der Waals surface area contributed by atoms with Crippen molar-refractivity contribution in [1.82, 2.24) is 9.97 Å². The Labute approximate surface area is 144 Å². The van der Waals surface area contributed by atoms with Gasteiger partial charge in [0, 0.05) is 29.2 Å². The Morgan fingerprint density at radius 3 is 3.00 bits per heavy atom. The van der Waals surface area contributed by atoms with Crippen LogP contribution in [-0.4, -0.2) is 22.4 Å². The number of rotatable bonds is 4. The number of benzene rings is 1. The number of carbonyl (C=O) groups excluding carboxylic acids is 1. The van der Waals surface area contributed by atoms with Crippen LogP contribution in [0.1, 0.15) is 24.6 Å². The molecule has 1 amide bonds. The fourth-order valence-electron chi connectivity index (χ4n) is 2.99. The molecule has 3 aromatic rings. The lowest BCUT2D eigenvalue weighted by Gasteiger charge is -2.17. The van der Waals surface area contributed by atoms with Gasteiger partial charge in [-0.2, -0.15) is 0 Å². The Morgan fingerprint density at radius 1 is 1.29 bits per heavy atom. The molecule has 1 aromatic carbocycles. The summed E-state index contributed by atoms with van der Waals surface area (Å²) in [7, 11) is 0. The summed E-state index contributed by atoms with van der Waals surface area (Å²) in [6.07, 6.45) is 4.15. The summed E-state index contributed by atoms with van der Waals surface area (Å²) < 4.78 is 0. The van der Waals surface area contributed by atoms with Gasteiger partial charge < -0.3 is 10.2 Å². The van der Waals surface area contributed by atoms with Crippen LogP contribution in [0.25, 0.3) is 10.2 Å². The van der Waals surface area contributed by atoms with Gasteiger partial charge in [0.25, 0.3) is 0 Å². The van der Waals surface area contributed by atoms with Gasteiger partial charge in [-0.05, 0) is 37.1 Å². The number of nitrogens with one attached hydrogen (secondary N) is 1. The number of hydrogen-bond donors (Lipinski definition) is 1. The van der Waals surface area contributed by atoms with E-state index in [2.05, 4.69) is 28.3 Å². The fourth-order valence-corrected chi connectivity index (χ4v) is 3.92. The second kappa shape index (κ2) is 6.20. The zero-order chi connectivity index (χ0) is 16.5. The first-order valence-electron chi connectivity index (χ1n) is 8.15. The summed E-state index contributed by atoms with van der Waals surface area (Å²) >= 11 is 1.70. The summed E-state index contributed by atoms with van der Waals surface area (Å²) in [6, 6.07) is 10.1. The maximum absolute atomic E-state index is 11.9. The topological polar surface area (TPSA) is 58.1 Å². The van der Waals surface area contributed by atoms with Gasteiger partial charge in [-0.3, -0.25) is 4.79 Å². The van der Waals surface area contributed by atoms with Gasteiger partial charge in [0.1, 0.15) is 17.0 Å². The lowest BCUT2D eigenvalue weighted by Crippen LogP contribution is -2.23. The lowest BCUT2D eigenvalue weighted by atomic mass is 10.2. The highest BCUT2D eigenvalue weighted by molar-refractivity contribution is 7.18. The van der Waals surface area contributed by atoms with Crippen molar-refractivity contribution in [3.05, 3.63) is 41.5 Å². The fraction of sp³-hybridized carbons (Fsp3) is 0.278. The predicted octanol–water partition coefficient (Wildman–Crippen LogP) is 4.12. The largest absolute Gasteiger partial charge is 0.340 e. The monoisotopic (exact) mass is 338 g/mol. The second-order valence-electron chi connectivity index (χ2n) is 5.83. The highest BCUT2D eigenvalue weighted by Crippen LogP contribution is 2.31. The zero-order valence-corrected chi connectivity index (χ0v) is 14.3. The number of nitrogens with zero attached hydrogens (tertiary/aromatic N) is 3. The molecule has 4 rings (SSSR count). The third-order valence-electron chi connectivity index (χ3n) is 4.22. The predicted molar refractivity (Wildman–Crippen MR) is 98.1 cm³/mol. The SMILES string of the molecule is CCc1cc2c(Nc3cccc(N4CCCC4=O)c3)ncnc2s1. The van der Waals surface area contributed by atoms with E-state index in [4.69, 9.17) is 0 Å². The van der Waals surface area contributed by atoms with Crippen molar-refractivity contribution >= 4 is 44.7 Å². The van der Waals surface area contributed by atoms with Crippen molar-refractivity contribution in [2.75, 3.05) is 16.8 Å². The molecule has 24 heavy (non-hydrogen) atoms. The second-order valence-corrected chi connectivity index (χ2v) is 6.95. The molecule has 2 aromatic heterocycles. The summed E-state index contributed by atoms with van der Waals surface area (Å²) in [4.78, 5) is 24.8. The molecule has 0 spiro atoms. The van der Waals surface area contributed by atoms with E-state index in [1.807, 2.05) is 29.2 Å². The van der Waals surface area contributed by atoms with Crippen LogP contribution >= 0.6 is 11.3 Å². The average molecular weight is 338 g/mol. The van der Waals surface area contributed by atoms with Gasteiger partial charge in [-0.15, -0.1) is 11.3 Å². The molecule has 6 heteroatoms. The third-order valence-corrected chi connectivity index (χ3v) is 5.41. The molecule has 0 atom stereocenters. The molecular weight excluding hydrogens is 320 g/mol. The lowest BCUT2D eigenvalue weighted by molar-refractivity contribution is -0.117. The van der Waals surface area contributed by atoms with Crippen LogP contribution in [0.3, 0.4) is 0 Å². The van der Waals surface area contributed by atoms with Crippen molar-refractivity contribution in [3.8, 4) is 0 Å². The van der Waals surface area contributed by atoms with E-state index >= 15 is 0 Å². The number of thiophene rings is 1. The summed E-state index contributed by atoms with van der Waals surface area (Å²) in [6.45, 7) is 2.94. The molecular formula is C18H18N4OS. The smallest absolute Gasteiger partial charge is 0.227 e. The van der Waals surface area contributed by atoms with Crippen LogP contribution in [-0.2, 0) is 11.2 Å². The molecule has 1 aliphatic heterocycles. The molecule has 0 radical (unpaired) electrons. The maximum atomic E-state index is 11.9. The molecule has 0 aliphatic carbocycles. The van der Waals surface area contributed by atoms with E-state index in [9.17, 15) is 4.79 Å². The molecule has 1 N–H and O–H groups in total. The van der Waals surface area contributed by atoms with Crippen LogP contribution < -0.4 is 10.2 Å². The quantitative estimate of drug-likeness (QED) is 0.777. The molecule has 0 saturated carbocycles. The van der Waals surface area contributed by atoms with Crippen LogP contribution in [0.4, 0.5) is 17.2 Å². The number of aryl methyl sites for hydroxylation is 1. The van der Waals surface area contributed by atoms with Crippen molar-refractivity contribution in [1.29, 1.82) is 0 Å². The van der Waals surface area contributed by atoms with Gasteiger partial charge in [-0.25, -0.2) is 9.97 Å². The highest BCUT2D eigenvalue weighted by atomic mass is 32.1. The molecule has 122 valence electrons. The van der Waals surface area contributed by atoms with Gasteiger partial charge in [0.2, 0.25) is 5.91 Å². The van der Waals surface area contributed by atoms with Crippen molar-refractivity contribution in [3.63, 3.8) is 0 Å². The minimum Gasteiger partial charge on any atom is -0.340 e. The molecule has 0 unspecified atom stereocenters. The Hall–Kier alpha value is -2.47. The van der Waals surface area contributed by atoms with Crippen LogP contribution in [0.15, 0.2) is 36.7 Å². The molecule has 1 saturated heterocycles. The van der Waals surface area contributed by atoms with E-state index in [-0.39, 0.29) is 5.91 Å². The Balaban J connectivity index is 1.66. The van der Waals surface area contributed by atoms with E-state index in [0.717, 1.165) is 46.8 Å². The van der Waals surface area contributed by atoms with E-state index in [1.165, 1.54) is 4.88 Å². The summed E-state index contributed by atoms with van der Waals surface area (Å²) in [5, 5.41) is 4.42. The number of aromatic nitrogens is 2. The summed E-state index contributed by atoms with van der Waals surface area (Å²) in [5.41, 5.74) is 1.86. The number of amides is 1. The average Bonchev–Trinajstić information content (AvgIpc) is 3.21. The van der Waals surface area contributed by atoms with Crippen molar-refractivity contribution in [2.24, 2.45) is 0 Å². The molecule has 1 fully saturated rings. The van der Waals surface area contributed by atoms with Gasteiger partial charge in [0.15, 0.2) is 0 Å². The highest BCUT2D eigenvalue weighted by Gasteiger charge is 2.21. The van der Waals surface area contributed by atoms with Gasteiger partial charge in [-0.1, -0.05) is 13.0 Å².